The fourth-order valence-corrected chi connectivity index (χ4v) is 4.84. The number of hydrogen-bond donors (Lipinski definition) is 3. The second-order valence-corrected chi connectivity index (χ2v) is 9.38. The van der Waals surface area contributed by atoms with Crippen LogP contribution in [0.1, 0.15) is 22.4 Å². The smallest absolute Gasteiger partial charge is 0.165 e. The van der Waals surface area contributed by atoms with Gasteiger partial charge in [0.15, 0.2) is 11.6 Å². The Bertz CT molecular complexity index is 1620. The Morgan fingerprint density at radius 1 is 1.08 bits per heavy atom. The lowest BCUT2D eigenvalue weighted by molar-refractivity contribution is 0.442. The van der Waals surface area contributed by atoms with Crippen molar-refractivity contribution in [2.45, 2.75) is 13.8 Å². The van der Waals surface area contributed by atoms with Gasteiger partial charge in [-0.1, -0.05) is 30.7 Å². The highest BCUT2D eigenvalue weighted by atomic mass is 32.2. The molecule has 0 fully saturated rings. The molecule has 8 heteroatoms. The highest BCUT2D eigenvalue weighted by molar-refractivity contribution is 7.99. The molecular formula is C29H28FN5OS. The lowest BCUT2D eigenvalue weighted by atomic mass is 10.1. The first-order chi connectivity index (χ1) is 17.9. The molecule has 2 aromatic heterocycles. The van der Waals surface area contributed by atoms with E-state index in [1.54, 1.807) is 30.1 Å². The van der Waals surface area contributed by atoms with Gasteiger partial charge in [0.25, 0.3) is 0 Å². The van der Waals surface area contributed by atoms with Crippen LogP contribution in [0.2, 0.25) is 0 Å². The number of ether oxygens (including phenoxy) is 1. The van der Waals surface area contributed by atoms with Crippen LogP contribution in [0.25, 0.3) is 22.2 Å². The number of aryl methyl sites for hydroxylation is 2. The summed E-state index contributed by atoms with van der Waals surface area (Å²) in [5.74, 6) is 1.15. The third-order valence-corrected chi connectivity index (χ3v) is 6.72. The fourth-order valence-electron chi connectivity index (χ4n) is 4.40. The van der Waals surface area contributed by atoms with Crippen molar-refractivity contribution in [3.63, 3.8) is 0 Å². The molecule has 3 N–H and O–H groups in total. The van der Waals surface area contributed by atoms with E-state index in [4.69, 9.17) is 4.74 Å². The number of nitrogens with one attached hydrogen (secondary N) is 3. The maximum Gasteiger partial charge on any atom is 0.165 e. The van der Waals surface area contributed by atoms with Crippen LogP contribution < -0.4 is 14.8 Å². The highest BCUT2D eigenvalue weighted by Crippen LogP contribution is 2.34. The summed E-state index contributed by atoms with van der Waals surface area (Å²) in [7, 11) is 1.87. The molecule has 0 spiro atoms. The van der Waals surface area contributed by atoms with E-state index in [-0.39, 0.29) is 5.75 Å². The molecule has 0 aliphatic heterocycles. The molecule has 0 saturated carbocycles. The van der Waals surface area contributed by atoms with Crippen molar-refractivity contribution in [1.82, 2.24) is 14.8 Å². The van der Waals surface area contributed by atoms with Gasteiger partial charge < -0.3 is 19.8 Å². The molecule has 37 heavy (non-hydrogen) atoms. The minimum atomic E-state index is -0.402. The summed E-state index contributed by atoms with van der Waals surface area (Å²) < 4.78 is 24.9. The third kappa shape index (κ3) is 4.68. The molecular weight excluding hydrogens is 485 g/mol. The lowest BCUT2D eigenvalue weighted by Crippen LogP contribution is -2.05. The molecule has 0 saturated heterocycles. The summed E-state index contributed by atoms with van der Waals surface area (Å²) in [5, 5.41) is 9.07. The third-order valence-electron chi connectivity index (χ3n) is 6.29. The summed E-state index contributed by atoms with van der Waals surface area (Å²) in [6, 6.07) is 18.4. The van der Waals surface area contributed by atoms with Gasteiger partial charge in [0.1, 0.15) is 11.6 Å². The monoisotopic (exact) mass is 513 g/mol. The van der Waals surface area contributed by atoms with Crippen molar-refractivity contribution in [2.24, 2.45) is 0 Å². The van der Waals surface area contributed by atoms with E-state index in [0.29, 0.717) is 5.75 Å². The molecule has 5 rings (SSSR count). The Morgan fingerprint density at radius 3 is 2.62 bits per heavy atom. The summed E-state index contributed by atoms with van der Waals surface area (Å²) in [6.07, 6.45) is 3.82. The Labute approximate surface area is 219 Å². The first-order valence-corrected chi connectivity index (χ1v) is 13.0. The van der Waals surface area contributed by atoms with Gasteiger partial charge in [-0.3, -0.25) is 0 Å². The van der Waals surface area contributed by atoms with Gasteiger partial charge in [-0.25, -0.2) is 9.07 Å². The number of para-hydroxylation sites is 1. The standard InChI is InChI=1S/C29H28FN5OS/c1-17-12-20-14-25(33-26(20)15-24(17)34-37-5)19(3)22-16-32-35(29(22)31-4)27-11-10-21(13-18(27)2)36-28-9-7-6-8-23(28)30/h6-16,31,33-34H,3H2,1-2,4-5H3. The quantitative estimate of drug-likeness (QED) is 0.186. The predicted molar refractivity (Wildman–Crippen MR) is 153 cm³/mol. The Kier molecular flexibility index (Phi) is 6.67. The molecule has 0 amide bonds. The molecule has 5 aromatic rings. The average Bonchev–Trinajstić information content (AvgIpc) is 3.49. The molecule has 3 aromatic carbocycles. The zero-order chi connectivity index (χ0) is 26.1. The van der Waals surface area contributed by atoms with E-state index in [1.807, 2.05) is 49.3 Å². The lowest BCUT2D eigenvalue weighted by Gasteiger charge is -2.14. The SMILES string of the molecule is C=C(c1cc2cc(C)c(NSC)cc2[nH]1)c1cnn(-c2ccc(Oc3ccccc3F)cc2C)c1NC. The van der Waals surface area contributed by atoms with E-state index in [2.05, 4.69) is 51.8 Å². The first-order valence-electron chi connectivity index (χ1n) is 11.8. The van der Waals surface area contributed by atoms with Gasteiger partial charge in [-0.15, -0.1) is 0 Å². The van der Waals surface area contributed by atoms with E-state index in [1.165, 1.54) is 11.6 Å². The predicted octanol–water partition coefficient (Wildman–Crippen LogP) is 7.69. The maximum atomic E-state index is 14.0. The van der Waals surface area contributed by atoms with Gasteiger partial charge in [0.2, 0.25) is 0 Å². The van der Waals surface area contributed by atoms with Gasteiger partial charge in [0, 0.05) is 46.7 Å². The molecule has 188 valence electrons. The molecule has 6 nitrogen and oxygen atoms in total. The van der Waals surface area contributed by atoms with Crippen LogP contribution in [0.4, 0.5) is 15.9 Å². The van der Waals surface area contributed by atoms with Crippen molar-refractivity contribution in [3.8, 4) is 17.2 Å². The fraction of sp³-hybridized carbons (Fsp3) is 0.138. The number of aromatic amines is 1. The van der Waals surface area contributed by atoms with Crippen LogP contribution in [0.3, 0.4) is 0 Å². The number of fused-ring (bicyclic) bond motifs is 1. The number of halogens is 1. The number of rotatable bonds is 8. The molecule has 0 bridgehead atoms. The van der Waals surface area contributed by atoms with Gasteiger partial charge in [0.05, 0.1) is 11.9 Å². The number of H-pyrrole nitrogens is 1. The topological polar surface area (TPSA) is 66.9 Å². The number of anilines is 2. The van der Waals surface area contributed by atoms with E-state index < -0.39 is 5.82 Å². The Morgan fingerprint density at radius 2 is 1.89 bits per heavy atom. The van der Waals surface area contributed by atoms with Gasteiger partial charge in [-0.2, -0.15) is 5.10 Å². The largest absolute Gasteiger partial charge is 0.454 e. The zero-order valence-corrected chi connectivity index (χ0v) is 22.0. The minimum Gasteiger partial charge on any atom is -0.454 e. The first kappa shape index (κ1) is 24.5. The molecule has 0 atom stereocenters. The number of benzene rings is 3. The van der Waals surface area contributed by atoms with Crippen LogP contribution in [0.5, 0.6) is 11.5 Å². The van der Waals surface area contributed by atoms with Gasteiger partial charge in [-0.05, 0) is 73.5 Å². The second kappa shape index (κ2) is 10.1. The summed E-state index contributed by atoms with van der Waals surface area (Å²) in [6.45, 7) is 8.45. The molecule has 0 radical (unpaired) electrons. The van der Waals surface area contributed by atoms with Crippen molar-refractivity contribution < 1.29 is 9.13 Å². The summed E-state index contributed by atoms with van der Waals surface area (Å²) in [5.41, 5.74) is 7.76. The number of aromatic nitrogens is 3. The van der Waals surface area contributed by atoms with E-state index in [9.17, 15) is 4.39 Å². The Hall–Kier alpha value is -4.17. The van der Waals surface area contributed by atoms with Crippen LogP contribution in [0.15, 0.2) is 73.4 Å². The number of nitrogens with zero attached hydrogens (tertiary/aromatic N) is 2. The van der Waals surface area contributed by atoms with Crippen molar-refractivity contribution in [2.75, 3.05) is 23.3 Å². The van der Waals surface area contributed by atoms with Crippen molar-refractivity contribution in [1.29, 1.82) is 0 Å². The zero-order valence-electron chi connectivity index (χ0n) is 21.1. The summed E-state index contributed by atoms with van der Waals surface area (Å²) >= 11 is 1.57. The summed E-state index contributed by atoms with van der Waals surface area (Å²) in [4.78, 5) is 3.51. The van der Waals surface area contributed by atoms with Crippen LogP contribution in [-0.2, 0) is 0 Å². The molecule has 0 aliphatic carbocycles. The maximum absolute atomic E-state index is 14.0. The van der Waals surface area contributed by atoms with Crippen LogP contribution >= 0.6 is 11.9 Å². The Balaban J connectivity index is 1.46. The molecule has 0 aliphatic rings. The van der Waals surface area contributed by atoms with Crippen molar-refractivity contribution >= 4 is 39.9 Å². The highest BCUT2D eigenvalue weighted by Gasteiger charge is 2.18. The van der Waals surface area contributed by atoms with Gasteiger partial charge >= 0.3 is 0 Å². The van der Waals surface area contributed by atoms with Crippen molar-refractivity contribution in [3.05, 3.63) is 102 Å². The molecule has 0 unspecified atom stereocenters. The minimum absolute atomic E-state index is 0.188. The normalized spacial score (nSPS) is 11.1. The molecule has 2 heterocycles. The number of hydrogen-bond acceptors (Lipinski definition) is 5. The van der Waals surface area contributed by atoms with E-state index >= 15 is 0 Å². The average molecular weight is 514 g/mol. The van der Waals surface area contributed by atoms with Crippen LogP contribution in [-0.4, -0.2) is 28.1 Å². The van der Waals surface area contributed by atoms with E-state index in [0.717, 1.165) is 50.5 Å². The second-order valence-electron chi connectivity index (χ2n) is 8.77. The van der Waals surface area contributed by atoms with Crippen LogP contribution in [0, 0.1) is 19.7 Å².